The summed E-state index contributed by atoms with van der Waals surface area (Å²) >= 11 is 0. The van der Waals surface area contributed by atoms with E-state index in [1.165, 1.54) is 38.6 Å². The monoisotopic (exact) mass is 200 g/mol. The van der Waals surface area contributed by atoms with Crippen LogP contribution in [0.3, 0.4) is 0 Å². The Kier molecular flexibility index (Phi) is 9.42. The third-order valence-corrected chi connectivity index (χ3v) is 3.00. The second-order valence-corrected chi connectivity index (χ2v) is 4.12. The van der Waals surface area contributed by atoms with E-state index in [1.54, 1.807) is 0 Å². The first-order valence-corrected chi connectivity index (χ1v) is 6.11. The van der Waals surface area contributed by atoms with Crippen molar-refractivity contribution in [2.24, 2.45) is 0 Å². The maximum atomic E-state index is 3.19. The Morgan fingerprint density at radius 2 is 1.71 bits per heavy atom. The van der Waals surface area contributed by atoms with Gasteiger partial charge < -0.3 is 10.2 Å². The van der Waals surface area contributed by atoms with Gasteiger partial charge in [0.1, 0.15) is 0 Å². The van der Waals surface area contributed by atoms with Crippen LogP contribution >= 0.6 is 0 Å². The van der Waals surface area contributed by atoms with Gasteiger partial charge in [0, 0.05) is 6.04 Å². The van der Waals surface area contributed by atoms with Gasteiger partial charge >= 0.3 is 0 Å². The summed E-state index contributed by atoms with van der Waals surface area (Å²) in [7, 11) is 4.28. The molecule has 0 aromatic carbocycles. The molecule has 2 nitrogen and oxygen atoms in total. The molecule has 0 saturated carbocycles. The van der Waals surface area contributed by atoms with Crippen molar-refractivity contribution in [1.29, 1.82) is 0 Å². The third kappa shape index (κ3) is 6.39. The van der Waals surface area contributed by atoms with Crippen LogP contribution in [0.1, 0.15) is 46.0 Å². The van der Waals surface area contributed by atoms with E-state index >= 15 is 0 Å². The first-order chi connectivity index (χ1) is 6.76. The van der Waals surface area contributed by atoms with Crippen LogP contribution in [0.4, 0.5) is 0 Å². The molecule has 0 spiro atoms. The Balaban J connectivity index is 3.37. The van der Waals surface area contributed by atoms with Gasteiger partial charge in [0.25, 0.3) is 0 Å². The van der Waals surface area contributed by atoms with Crippen molar-refractivity contribution >= 4 is 0 Å². The standard InChI is InChI=1S/C12H28N2/c1-5-12(6-2)14(4)11-9-7-8-10-13-3/h12-13H,5-11H2,1-4H3. The topological polar surface area (TPSA) is 15.3 Å². The van der Waals surface area contributed by atoms with Crippen molar-refractivity contribution in [3.05, 3.63) is 0 Å². The van der Waals surface area contributed by atoms with E-state index in [1.807, 2.05) is 7.05 Å². The summed E-state index contributed by atoms with van der Waals surface area (Å²) in [6, 6.07) is 0.791. The first kappa shape index (κ1) is 13.9. The van der Waals surface area contributed by atoms with Gasteiger partial charge in [-0.3, -0.25) is 0 Å². The second kappa shape index (κ2) is 9.47. The SMILES string of the molecule is CCC(CC)N(C)CCCCCNC. The van der Waals surface area contributed by atoms with Crippen LogP contribution in [0.5, 0.6) is 0 Å². The summed E-state index contributed by atoms with van der Waals surface area (Å²) < 4.78 is 0. The fraction of sp³-hybridized carbons (Fsp3) is 1.00. The molecule has 14 heavy (non-hydrogen) atoms. The lowest BCUT2D eigenvalue weighted by Crippen LogP contribution is -2.31. The lowest BCUT2D eigenvalue weighted by Gasteiger charge is -2.25. The number of unbranched alkanes of at least 4 members (excludes halogenated alkanes) is 2. The molecule has 0 aromatic rings. The normalized spacial score (nSPS) is 11.6. The van der Waals surface area contributed by atoms with Gasteiger partial charge in [-0.25, -0.2) is 0 Å². The Labute approximate surface area is 90.1 Å². The predicted molar refractivity (Wildman–Crippen MR) is 64.8 cm³/mol. The van der Waals surface area contributed by atoms with Crippen molar-refractivity contribution in [3.63, 3.8) is 0 Å². The molecular weight excluding hydrogens is 172 g/mol. The van der Waals surface area contributed by atoms with E-state index in [0.717, 1.165) is 12.6 Å². The number of nitrogens with zero attached hydrogens (tertiary/aromatic N) is 1. The Bertz CT molecular complexity index is 111. The molecule has 2 heteroatoms. The van der Waals surface area contributed by atoms with E-state index in [-0.39, 0.29) is 0 Å². The van der Waals surface area contributed by atoms with Crippen molar-refractivity contribution in [3.8, 4) is 0 Å². The van der Waals surface area contributed by atoms with E-state index in [2.05, 4.69) is 31.1 Å². The van der Waals surface area contributed by atoms with Crippen LogP contribution < -0.4 is 5.32 Å². The highest BCUT2D eigenvalue weighted by Crippen LogP contribution is 2.07. The zero-order valence-electron chi connectivity index (χ0n) is 10.5. The van der Waals surface area contributed by atoms with Crippen molar-refractivity contribution in [2.45, 2.75) is 52.0 Å². The highest BCUT2D eigenvalue weighted by atomic mass is 15.1. The molecule has 0 heterocycles. The molecule has 86 valence electrons. The maximum Gasteiger partial charge on any atom is 0.00869 e. The predicted octanol–water partition coefficient (Wildman–Crippen LogP) is 2.50. The largest absolute Gasteiger partial charge is 0.320 e. The zero-order chi connectivity index (χ0) is 10.8. The molecule has 0 aliphatic rings. The first-order valence-electron chi connectivity index (χ1n) is 6.11. The molecule has 0 aliphatic heterocycles. The average Bonchev–Trinajstić information content (AvgIpc) is 2.19. The Hall–Kier alpha value is -0.0800. The lowest BCUT2D eigenvalue weighted by atomic mass is 10.1. The van der Waals surface area contributed by atoms with Gasteiger partial charge in [-0.15, -0.1) is 0 Å². The van der Waals surface area contributed by atoms with Crippen molar-refractivity contribution < 1.29 is 0 Å². The Morgan fingerprint density at radius 3 is 2.21 bits per heavy atom. The maximum absolute atomic E-state index is 3.19. The van der Waals surface area contributed by atoms with E-state index in [0.29, 0.717) is 0 Å². The average molecular weight is 200 g/mol. The zero-order valence-corrected chi connectivity index (χ0v) is 10.5. The highest BCUT2D eigenvalue weighted by molar-refractivity contribution is 4.64. The van der Waals surface area contributed by atoms with Crippen molar-refractivity contribution in [1.82, 2.24) is 10.2 Å². The van der Waals surface area contributed by atoms with Crippen LogP contribution in [0, 0.1) is 0 Å². The fourth-order valence-corrected chi connectivity index (χ4v) is 1.93. The van der Waals surface area contributed by atoms with E-state index in [9.17, 15) is 0 Å². The molecule has 1 N–H and O–H groups in total. The molecule has 0 unspecified atom stereocenters. The lowest BCUT2D eigenvalue weighted by molar-refractivity contribution is 0.225. The molecule has 0 aliphatic carbocycles. The smallest absolute Gasteiger partial charge is 0.00869 e. The minimum atomic E-state index is 0.791. The molecular formula is C12H28N2. The molecule has 0 saturated heterocycles. The third-order valence-electron chi connectivity index (χ3n) is 3.00. The molecule has 0 radical (unpaired) electrons. The summed E-state index contributed by atoms with van der Waals surface area (Å²) in [5.41, 5.74) is 0. The van der Waals surface area contributed by atoms with Gasteiger partial charge in [0.2, 0.25) is 0 Å². The fourth-order valence-electron chi connectivity index (χ4n) is 1.93. The van der Waals surface area contributed by atoms with Gasteiger partial charge in [-0.05, 0) is 52.9 Å². The van der Waals surface area contributed by atoms with E-state index in [4.69, 9.17) is 0 Å². The summed E-state index contributed by atoms with van der Waals surface area (Å²) in [6.45, 7) is 6.99. The van der Waals surface area contributed by atoms with Crippen LogP contribution in [0.2, 0.25) is 0 Å². The minimum absolute atomic E-state index is 0.791. The molecule has 0 rings (SSSR count). The van der Waals surface area contributed by atoms with Gasteiger partial charge in [0.05, 0.1) is 0 Å². The molecule has 0 amide bonds. The molecule has 0 bridgehead atoms. The number of nitrogens with one attached hydrogen (secondary N) is 1. The quantitative estimate of drug-likeness (QED) is 0.575. The summed E-state index contributed by atoms with van der Waals surface area (Å²) in [5, 5.41) is 3.19. The number of rotatable bonds is 9. The number of hydrogen-bond acceptors (Lipinski definition) is 2. The highest BCUT2D eigenvalue weighted by Gasteiger charge is 2.08. The van der Waals surface area contributed by atoms with Crippen LogP contribution in [-0.4, -0.2) is 38.1 Å². The number of hydrogen-bond donors (Lipinski definition) is 1. The van der Waals surface area contributed by atoms with Gasteiger partial charge in [-0.1, -0.05) is 20.3 Å². The summed E-state index contributed by atoms with van der Waals surface area (Å²) in [4.78, 5) is 2.51. The summed E-state index contributed by atoms with van der Waals surface area (Å²) in [6.07, 6.45) is 6.57. The molecule has 0 fully saturated rings. The Morgan fingerprint density at radius 1 is 1.07 bits per heavy atom. The minimum Gasteiger partial charge on any atom is -0.320 e. The molecule has 0 aromatic heterocycles. The van der Waals surface area contributed by atoms with Crippen LogP contribution in [0.15, 0.2) is 0 Å². The van der Waals surface area contributed by atoms with Crippen LogP contribution in [0.25, 0.3) is 0 Å². The van der Waals surface area contributed by atoms with Gasteiger partial charge in [0.15, 0.2) is 0 Å². The second-order valence-electron chi connectivity index (χ2n) is 4.12. The molecule has 0 atom stereocenters. The van der Waals surface area contributed by atoms with Crippen molar-refractivity contribution in [2.75, 3.05) is 27.2 Å². The van der Waals surface area contributed by atoms with Crippen LogP contribution in [-0.2, 0) is 0 Å². The summed E-state index contributed by atoms with van der Waals surface area (Å²) in [5.74, 6) is 0. The van der Waals surface area contributed by atoms with Gasteiger partial charge in [-0.2, -0.15) is 0 Å². The van der Waals surface area contributed by atoms with E-state index < -0.39 is 0 Å².